The molecule has 3 heterocycles. The van der Waals surface area contributed by atoms with Gasteiger partial charge in [0.2, 0.25) is 0 Å². The quantitative estimate of drug-likeness (QED) is 0.894. The van der Waals surface area contributed by atoms with E-state index in [1.165, 1.54) is 18.7 Å². The fourth-order valence-corrected chi connectivity index (χ4v) is 2.65. The highest BCUT2D eigenvalue weighted by molar-refractivity contribution is 6.30. The lowest BCUT2D eigenvalue weighted by Crippen LogP contribution is -2.24. The molecule has 0 unspecified atom stereocenters. The molecule has 1 saturated heterocycles. The lowest BCUT2D eigenvalue weighted by Gasteiger charge is -2.22. The summed E-state index contributed by atoms with van der Waals surface area (Å²) in [4.78, 5) is 25.7. The fraction of sp³-hybridized carbons (Fsp3) is 0.400. The molecule has 1 fully saturated rings. The van der Waals surface area contributed by atoms with Crippen molar-refractivity contribution in [2.45, 2.75) is 31.9 Å². The van der Waals surface area contributed by atoms with Gasteiger partial charge >= 0.3 is 0 Å². The number of anilines is 1. The second-order valence-corrected chi connectivity index (χ2v) is 5.87. The number of hydrogen-bond acceptors (Lipinski definition) is 4. The molecule has 1 amide bonds. The maximum atomic E-state index is 12.1. The number of ether oxygens (including phenoxy) is 1. The van der Waals surface area contributed by atoms with Crippen molar-refractivity contribution < 1.29 is 9.53 Å². The van der Waals surface area contributed by atoms with Gasteiger partial charge in [0.1, 0.15) is 5.02 Å². The Bertz CT molecular complexity index is 749. The van der Waals surface area contributed by atoms with Crippen LogP contribution < -0.4 is 10.9 Å². The number of nitrogens with one attached hydrogen (secondary N) is 2. The Kier molecular flexibility index (Phi) is 4.78. The zero-order chi connectivity index (χ0) is 16.2. The maximum Gasteiger partial charge on any atom is 0.266 e. The lowest BCUT2D eigenvalue weighted by molar-refractivity contribution is 0.00401. The third-order valence-electron chi connectivity index (χ3n) is 3.68. The predicted molar refractivity (Wildman–Crippen MR) is 85.8 cm³/mol. The van der Waals surface area contributed by atoms with E-state index < -0.39 is 5.56 Å². The van der Waals surface area contributed by atoms with Gasteiger partial charge in [-0.25, -0.2) is 0 Å². The molecule has 0 radical (unpaired) electrons. The zero-order valence-corrected chi connectivity index (χ0v) is 13.2. The monoisotopic (exact) mass is 336 g/mol. The molecule has 2 N–H and O–H groups in total. The van der Waals surface area contributed by atoms with E-state index in [2.05, 4.69) is 15.4 Å². The molecule has 1 atom stereocenters. The van der Waals surface area contributed by atoms with Gasteiger partial charge in [0.15, 0.2) is 0 Å². The number of rotatable bonds is 4. The normalized spacial score (nSPS) is 17.9. The van der Waals surface area contributed by atoms with Crippen LogP contribution in [0.2, 0.25) is 5.02 Å². The topological polar surface area (TPSA) is 89.0 Å². The number of hydrogen-bond donors (Lipinski definition) is 2. The average molecular weight is 337 g/mol. The van der Waals surface area contributed by atoms with Crippen molar-refractivity contribution in [2.24, 2.45) is 0 Å². The summed E-state index contributed by atoms with van der Waals surface area (Å²) in [7, 11) is 0. The van der Waals surface area contributed by atoms with Gasteiger partial charge in [0.25, 0.3) is 11.5 Å². The highest BCUT2D eigenvalue weighted by Crippen LogP contribution is 2.15. The van der Waals surface area contributed by atoms with E-state index >= 15 is 0 Å². The van der Waals surface area contributed by atoms with Crippen molar-refractivity contribution in [3.05, 3.63) is 45.6 Å². The number of pyridine rings is 1. The number of carbonyl (C=O) groups is 1. The van der Waals surface area contributed by atoms with Crippen LogP contribution in [0.15, 0.2) is 29.5 Å². The van der Waals surface area contributed by atoms with E-state index in [9.17, 15) is 9.59 Å². The zero-order valence-electron chi connectivity index (χ0n) is 12.4. The first-order valence-electron chi connectivity index (χ1n) is 7.45. The average Bonchev–Trinajstić information content (AvgIpc) is 2.98. The minimum Gasteiger partial charge on any atom is -0.376 e. The van der Waals surface area contributed by atoms with Gasteiger partial charge in [-0.1, -0.05) is 11.6 Å². The van der Waals surface area contributed by atoms with Crippen LogP contribution in [0.1, 0.15) is 29.6 Å². The summed E-state index contributed by atoms with van der Waals surface area (Å²) in [5.41, 5.74) is 0.426. The summed E-state index contributed by atoms with van der Waals surface area (Å²) in [5, 5.41) is 6.92. The van der Waals surface area contributed by atoms with Crippen LogP contribution in [0.25, 0.3) is 0 Å². The Morgan fingerprint density at radius 1 is 1.52 bits per heavy atom. The van der Waals surface area contributed by atoms with Crippen molar-refractivity contribution in [3.8, 4) is 0 Å². The molecule has 3 rings (SSSR count). The van der Waals surface area contributed by atoms with Gasteiger partial charge in [-0.2, -0.15) is 5.10 Å². The third kappa shape index (κ3) is 4.00. The molecular formula is C15H17ClN4O3. The lowest BCUT2D eigenvalue weighted by atomic mass is 10.1. The second-order valence-electron chi connectivity index (χ2n) is 5.46. The molecule has 8 heteroatoms. The van der Waals surface area contributed by atoms with Crippen LogP contribution in [0, 0.1) is 0 Å². The van der Waals surface area contributed by atoms with Crippen LogP contribution in [0.3, 0.4) is 0 Å². The van der Waals surface area contributed by atoms with Crippen molar-refractivity contribution in [1.82, 2.24) is 14.8 Å². The van der Waals surface area contributed by atoms with E-state index in [0.29, 0.717) is 12.2 Å². The van der Waals surface area contributed by atoms with Crippen molar-refractivity contribution in [1.29, 1.82) is 0 Å². The number of aromatic amines is 1. The first-order valence-corrected chi connectivity index (χ1v) is 7.83. The Balaban J connectivity index is 1.62. The van der Waals surface area contributed by atoms with E-state index in [4.69, 9.17) is 16.3 Å². The van der Waals surface area contributed by atoms with Gasteiger partial charge in [0.05, 0.1) is 30.1 Å². The summed E-state index contributed by atoms with van der Waals surface area (Å²) in [6.07, 6.45) is 8.13. The SMILES string of the molecule is O=C(Nc1cnn(C[C@H]2CCCCO2)c1)c1c[nH]c(=O)c(Cl)c1. The molecule has 2 aromatic rings. The molecule has 1 aliphatic heterocycles. The highest BCUT2D eigenvalue weighted by atomic mass is 35.5. The Morgan fingerprint density at radius 2 is 2.39 bits per heavy atom. The number of nitrogens with zero attached hydrogens (tertiary/aromatic N) is 2. The summed E-state index contributed by atoms with van der Waals surface area (Å²) in [6, 6.07) is 1.33. The molecule has 122 valence electrons. The molecule has 0 saturated carbocycles. The summed E-state index contributed by atoms with van der Waals surface area (Å²) >= 11 is 5.72. The van der Waals surface area contributed by atoms with Gasteiger partial charge in [-0.05, 0) is 25.3 Å². The molecule has 1 aliphatic rings. The number of carbonyl (C=O) groups excluding carboxylic acids is 1. The van der Waals surface area contributed by atoms with Crippen LogP contribution in [0.4, 0.5) is 5.69 Å². The molecule has 0 bridgehead atoms. The van der Waals surface area contributed by atoms with E-state index in [-0.39, 0.29) is 22.6 Å². The van der Waals surface area contributed by atoms with Gasteiger partial charge in [-0.15, -0.1) is 0 Å². The molecule has 23 heavy (non-hydrogen) atoms. The van der Waals surface area contributed by atoms with Crippen LogP contribution in [-0.4, -0.2) is 33.4 Å². The molecule has 0 aromatic carbocycles. The Labute approximate surface area is 137 Å². The van der Waals surface area contributed by atoms with E-state index in [0.717, 1.165) is 19.4 Å². The number of aromatic nitrogens is 3. The molecule has 0 aliphatic carbocycles. The van der Waals surface area contributed by atoms with Crippen LogP contribution in [-0.2, 0) is 11.3 Å². The second kappa shape index (κ2) is 6.97. The number of halogens is 1. The number of H-pyrrole nitrogens is 1. The van der Waals surface area contributed by atoms with Crippen molar-refractivity contribution >= 4 is 23.2 Å². The Hall–Kier alpha value is -2.12. The molecular weight excluding hydrogens is 320 g/mol. The minimum atomic E-state index is -0.427. The Morgan fingerprint density at radius 3 is 3.13 bits per heavy atom. The largest absolute Gasteiger partial charge is 0.376 e. The van der Waals surface area contributed by atoms with Crippen molar-refractivity contribution in [2.75, 3.05) is 11.9 Å². The van der Waals surface area contributed by atoms with E-state index in [1.807, 2.05) is 0 Å². The molecule has 2 aromatic heterocycles. The standard InChI is InChI=1S/C15H17ClN4O3/c16-13-5-10(6-17-15(13)22)14(21)19-11-7-18-20(8-11)9-12-3-1-2-4-23-12/h5-8,12H,1-4,9H2,(H,17,22)(H,19,21)/t12-/m1/s1. The maximum absolute atomic E-state index is 12.1. The highest BCUT2D eigenvalue weighted by Gasteiger charge is 2.15. The number of amides is 1. The summed E-state index contributed by atoms with van der Waals surface area (Å²) < 4.78 is 7.42. The van der Waals surface area contributed by atoms with Crippen molar-refractivity contribution in [3.63, 3.8) is 0 Å². The smallest absolute Gasteiger partial charge is 0.266 e. The van der Waals surface area contributed by atoms with E-state index in [1.54, 1.807) is 17.1 Å². The third-order valence-corrected chi connectivity index (χ3v) is 3.96. The first kappa shape index (κ1) is 15.8. The summed E-state index contributed by atoms with van der Waals surface area (Å²) in [6.45, 7) is 1.46. The minimum absolute atomic E-state index is 0.0252. The first-order chi connectivity index (χ1) is 11.1. The fourth-order valence-electron chi connectivity index (χ4n) is 2.48. The van der Waals surface area contributed by atoms with Gasteiger partial charge in [0, 0.05) is 19.0 Å². The summed E-state index contributed by atoms with van der Waals surface area (Å²) in [5.74, 6) is -0.364. The van der Waals surface area contributed by atoms with Gasteiger partial charge in [-0.3, -0.25) is 14.3 Å². The van der Waals surface area contributed by atoms with Crippen LogP contribution in [0.5, 0.6) is 0 Å². The predicted octanol–water partition coefficient (Wildman–Crippen LogP) is 2.05. The molecule has 7 nitrogen and oxygen atoms in total. The molecule has 0 spiro atoms. The van der Waals surface area contributed by atoms with Crippen LogP contribution >= 0.6 is 11.6 Å². The van der Waals surface area contributed by atoms with Gasteiger partial charge < -0.3 is 15.0 Å².